The van der Waals surface area contributed by atoms with Crippen LogP contribution in [0.3, 0.4) is 0 Å². The van der Waals surface area contributed by atoms with Gasteiger partial charge < -0.3 is 15.0 Å². The lowest BCUT2D eigenvalue weighted by atomic mass is 9.95. The van der Waals surface area contributed by atoms with Crippen molar-refractivity contribution in [1.29, 1.82) is 0 Å². The number of H-pyrrole nitrogens is 1. The number of nitrogens with one attached hydrogen (secondary N) is 2. The highest BCUT2D eigenvalue weighted by Gasteiger charge is 2.19. The molecule has 5 heteroatoms. The molecule has 156 valence electrons. The first kappa shape index (κ1) is 20.2. The average Bonchev–Trinajstić information content (AvgIpc) is 3.15. The van der Waals surface area contributed by atoms with Crippen molar-refractivity contribution in [3.05, 3.63) is 70.9 Å². The fraction of sp³-hybridized carbons (Fsp3) is 0.360. The van der Waals surface area contributed by atoms with Gasteiger partial charge in [-0.2, -0.15) is 0 Å². The van der Waals surface area contributed by atoms with Gasteiger partial charge in [0.05, 0.1) is 11.6 Å². The molecule has 0 spiro atoms. The molecule has 1 atom stereocenters. The van der Waals surface area contributed by atoms with Gasteiger partial charge >= 0.3 is 5.97 Å². The van der Waals surface area contributed by atoms with Crippen molar-refractivity contribution < 1.29 is 14.3 Å². The third-order valence-corrected chi connectivity index (χ3v) is 5.78. The molecule has 1 aliphatic rings. The van der Waals surface area contributed by atoms with Crippen LogP contribution in [0.25, 0.3) is 10.9 Å². The van der Waals surface area contributed by atoms with E-state index in [1.54, 1.807) is 6.07 Å². The molecule has 0 saturated heterocycles. The van der Waals surface area contributed by atoms with Gasteiger partial charge in [-0.25, -0.2) is 4.79 Å². The van der Waals surface area contributed by atoms with E-state index < -0.39 is 5.97 Å². The molecule has 1 heterocycles. The Bertz CT molecular complexity index is 1040. The van der Waals surface area contributed by atoms with Crippen LogP contribution in [-0.4, -0.2) is 23.5 Å². The van der Waals surface area contributed by atoms with Gasteiger partial charge in [0.25, 0.3) is 5.91 Å². The smallest absolute Gasteiger partial charge is 0.338 e. The number of ether oxygens (including phenoxy) is 1. The summed E-state index contributed by atoms with van der Waals surface area (Å²) in [6.07, 6.45) is 6.25. The minimum absolute atomic E-state index is 0.0786. The van der Waals surface area contributed by atoms with Gasteiger partial charge in [-0.05, 0) is 61.4 Å². The van der Waals surface area contributed by atoms with E-state index in [0.29, 0.717) is 5.56 Å². The first-order chi connectivity index (χ1) is 14.7. The number of esters is 1. The zero-order chi connectivity index (χ0) is 20.9. The highest BCUT2D eigenvalue weighted by molar-refractivity contribution is 5.97. The minimum atomic E-state index is -0.468. The average molecular weight is 405 g/mol. The summed E-state index contributed by atoms with van der Waals surface area (Å²) in [6.45, 7) is 1.80. The van der Waals surface area contributed by atoms with Crippen molar-refractivity contribution in [2.45, 2.75) is 51.5 Å². The zero-order valence-electron chi connectivity index (χ0n) is 17.4. The number of hydrogen-bond acceptors (Lipinski definition) is 3. The lowest BCUT2D eigenvalue weighted by molar-refractivity contribution is -0.125. The van der Waals surface area contributed by atoms with Crippen molar-refractivity contribution in [3.63, 3.8) is 0 Å². The summed E-state index contributed by atoms with van der Waals surface area (Å²) in [4.78, 5) is 28.4. The predicted octanol–water partition coefficient (Wildman–Crippen LogP) is 4.86. The molecule has 1 amide bonds. The van der Waals surface area contributed by atoms with E-state index in [4.69, 9.17) is 4.74 Å². The van der Waals surface area contributed by atoms with Crippen LogP contribution in [0.1, 0.15) is 65.8 Å². The number of carbonyl (C=O) groups excluding carboxylic acids is 2. The third-order valence-electron chi connectivity index (χ3n) is 5.78. The van der Waals surface area contributed by atoms with Crippen LogP contribution in [0.5, 0.6) is 0 Å². The number of benzene rings is 2. The highest BCUT2D eigenvalue weighted by atomic mass is 16.5. The molecule has 0 aliphatic heterocycles. The molecule has 2 aromatic carbocycles. The predicted molar refractivity (Wildman–Crippen MR) is 117 cm³/mol. The zero-order valence-corrected chi connectivity index (χ0v) is 17.4. The van der Waals surface area contributed by atoms with Crippen molar-refractivity contribution in [2.24, 2.45) is 0 Å². The van der Waals surface area contributed by atoms with Crippen molar-refractivity contribution >= 4 is 22.8 Å². The molecule has 5 nitrogen and oxygen atoms in total. The van der Waals surface area contributed by atoms with Crippen molar-refractivity contribution in [3.8, 4) is 0 Å². The molecule has 2 N–H and O–H groups in total. The van der Waals surface area contributed by atoms with E-state index in [1.807, 2.05) is 42.5 Å². The Kier molecular flexibility index (Phi) is 6.17. The maximum absolute atomic E-state index is 12.6. The number of fused-ring (bicyclic) bond motifs is 3. The molecule has 0 saturated carbocycles. The van der Waals surface area contributed by atoms with E-state index in [1.165, 1.54) is 24.1 Å². The molecular weight excluding hydrogens is 376 g/mol. The van der Waals surface area contributed by atoms with E-state index in [0.717, 1.165) is 42.1 Å². The second-order valence-electron chi connectivity index (χ2n) is 7.95. The lowest BCUT2D eigenvalue weighted by Crippen LogP contribution is -2.32. The van der Waals surface area contributed by atoms with Gasteiger partial charge in [0.2, 0.25) is 0 Å². The van der Waals surface area contributed by atoms with Gasteiger partial charge in [0.1, 0.15) is 0 Å². The largest absolute Gasteiger partial charge is 0.452 e. The van der Waals surface area contributed by atoms with E-state index in [-0.39, 0.29) is 18.6 Å². The van der Waals surface area contributed by atoms with Gasteiger partial charge in [-0.3, -0.25) is 4.79 Å². The van der Waals surface area contributed by atoms with Gasteiger partial charge in [0, 0.05) is 16.6 Å². The van der Waals surface area contributed by atoms with E-state index in [9.17, 15) is 9.59 Å². The lowest BCUT2D eigenvalue weighted by Gasteiger charge is -2.18. The van der Waals surface area contributed by atoms with Crippen LogP contribution >= 0.6 is 0 Å². The number of aryl methyl sites for hydroxylation is 2. The summed E-state index contributed by atoms with van der Waals surface area (Å²) in [7, 11) is 0. The Hall–Kier alpha value is -3.08. The van der Waals surface area contributed by atoms with E-state index >= 15 is 0 Å². The summed E-state index contributed by atoms with van der Waals surface area (Å²) >= 11 is 0. The number of amides is 1. The molecule has 3 aromatic rings. The first-order valence-corrected chi connectivity index (χ1v) is 10.8. The maximum Gasteiger partial charge on any atom is 0.338 e. The van der Waals surface area contributed by atoms with Crippen LogP contribution in [0.4, 0.5) is 0 Å². The van der Waals surface area contributed by atoms with Crippen molar-refractivity contribution in [1.82, 2.24) is 10.3 Å². The van der Waals surface area contributed by atoms with E-state index in [2.05, 4.69) is 17.2 Å². The molecule has 1 aromatic heterocycles. The Balaban J connectivity index is 1.39. The Morgan fingerprint density at radius 3 is 2.70 bits per heavy atom. The number of rotatable bonds is 7. The molecule has 0 unspecified atom stereocenters. The number of hydrogen-bond donors (Lipinski definition) is 2. The van der Waals surface area contributed by atoms with Crippen LogP contribution in [-0.2, 0) is 22.4 Å². The second kappa shape index (κ2) is 9.16. The van der Waals surface area contributed by atoms with Crippen LogP contribution in [0.2, 0.25) is 0 Å². The molecule has 0 fully saturated rings. The molecule has 4 rings (SSSR count). The Morgan fingerprint density at radius 1 is 1.10 bits per heavy atom. The summed E-state index contributed by atoms with van der Waals surface area (Å²) in [5.41, 5.74) is 5.19. The maximum atomic E-state index is 12.6. The summed E-state index contributed by atoms with van der Waals surface area (Å²) in [5, 5.41) is 4.08. The first-order valence-electron chi connectivity index (χ1n) is 10.8. The summed E-state index contributed by atoms with van der Waals surface area (Å²) in [6, 6.07) is 15.4. The Morgan fingerprint density at radius 2 is 1.90 bits per heavy atom. The summed E-state index contributed by atoms with van der Waals surface area (Å²) < 4.78 is 5.31. The SMILES string of the molecule is CCC[C@H](NC(=O)COC(=O)c1ccc2[nH]c3c(c2c1)CCCC3)c1ccccc1. The van der Waals surface area contributed by atoms with Crippen LogP contribution in [0.15, 0.2) is 48.5 Å². The van der Waals surface area contributed by atoms with Gasteiger partial charge in [0.15, 0.2) is 6.61 Å². The van der Waals surface area contributed by atoms with Gasteiger partial charge in [-0.1, -0.05) is 43.7 Å². The molecule has 0 bridgehead atoms. The Labute approximate surface area is 176 Å². The fourth-order valence-electron chi connectivity index (χ4n) is 4.28. The number of aromatic amines is 1. The molecule has 30 heavy (non-hydrogen) atoms. The molecule has 0 radical (unpaired) electrons. The fourth-order valence-corrected chi connectivity index (χ4v) is 4.28. The van der Waals surface area contributed by atoms with Gasteiger partial charge in [-0.15, -0.1) is 0 Å². The molecular formula is C25H28N2O3. The van der Waals surface area contributed by atoms with Crippen molar-refractivity contribution in [2.75, 3.05) is 6.61 Å². The number of aromatic nitrogens is 1. The van der Waals surface area contributed by atoms with Crippen LogP contribution < -0.4 is 5.32 Å². The normalized spacial score (nSPS) is 14.2. The third kappa shape index (κ3) is 4.40. The quantitative estimate of drug-likeness (QED) is 0.553. The number of carbonyl (C=O) groups is 2. The minimum Gasteiger partial charge on any atom is -0.452 e. The summed E-state index contributed by atoms with van der Waals surface area (Å²) in [5.74, 6) is -0.754. The topological polar surface area (TPSA) is 71.2 Å². The highest BCUT2D eigenvalue weighted by Crippen LogP contribution is 2.29. The monoisotopic (exact) mass is 404 g/mol. The standard InChI is InChI=1S/C25H28N2O3/c1-2-8-21(17-9-4-3-5-10-17)27-24(28)16-30-25(29)18-13-14-23-20(15-18)19-11-6-7-12-22(19)26-23/h3-5,9-10,13-15,21,26H,2,6-8,11-12,16H2,1H3,(H,27,28)/t21-/m0/s1. The molecule has 1 aliphatic carbocycles. The second-order valence-corrected chi connectivity index (χ2v) is 7.95. The van der Waals surface area contributed by atoms with Crippen LogP contribution in [0, 0.1) is 0 Å².